The average Bonchev–Trinajstić information content (AvgIpc) is 3.22. The van der Waals surface area contributed by atoms with Crippen LogP contribution in [0, 0.1) is 11.8 Å². The fourth-order valence-corrected chi connectivity index (χ4v) is 4.21. The topological polar surface area (TPSA) is 85.2 Å². The highest BCUT2D eigenvalue weighted by Gasteiger charge is 2.39. The number of carbonyl (C=O) groups is 1. The Labute approximate surface area is 158 Å². The van der Waals surface area contributed by atoms with Gasteiger partial charge < -0.3 is 14.6 Å². The normalized spacial score (nSPS) is 21.8. The second-order valence-corrected chi connectivity index (χ2v) is 7.77. The molecule has 2 aromatic rings. The molecule has 1 amide bonds. The maximum atomic E-state index is 12.4. The highest BCUT2D eigenvalue weighted by Crippen LogP contribution is 2.33. The Balaban J connectivity index is 1.46. The lowest BCUT2D eigenvalue weighted by Crippen LogP contribution is -2.35. The minimum absolute atomic E-state index is 0.0817. The lowest BCUT2D eigenvalue weighted by atomic mass is 9.89. The molecule has 4 heterocycles. The van der Waals surface area contributed by atoms with Crippen molar-refractivity contribution in [3.8, 4) is 5.88 Å². The van der Waals surface area contributed by atoms with Gasteiger partial charge in [-0.25, -0.2) is 4.98 Å². The molecule has 8 heteroatoms. The minimum Gasteiger partial charge on any atom is -0.481 e. The zero-order chi connectivity index (χ0) is 19.0. The molecule has 1 saturated heterocycles. The van der Waals surface area contributed by atoms with Crippen LogP contribution in [0.4, 0.5) is 0 Å². The minimum atomic E-state index is -0.142. The number of methoxy groups -OCH3 is 1. The number of pyridine rings is 1. The smallest absolute Gasteiger partial charge is 0.289 e. The molecule has 1 N–H and O–H groups in total. The Morgan fingerprint density at radius 3 is 2.89 bits per heavy atom. The Morgan fingerprint density at radius 2 is 2.11 bits per heavy atom. The van der Waals surface area contributed by atoms with E-state index in [1.807, 2.05) is 24.5 Å². The van der Waals surface area contributed by atoms with Gasteiger partial charge in [0.15, 0.2) is 0 Å². The molecule has 0 spiro atoms. The van der Waals surface area contributed by atoms with Gasteiger partial charge in [0.1, 0.15) is 5.82 Å². The van der Waals surface area contributed by atoms with E-state index in [1.165, 1.54) is 0 Å². The van der Waals surface area contributed by atoms with E-state index in [1.54, 1.807) is 13.3 Å². The summed E-state index contributed by atoms with van der Waals surface area (Å²) in [4.78, 5) is 19.1. The van der Waals surface area contributed by atoms with Crippen molar-refractivity contribution in [2.24, 2.45) is 11.8 Å². The Kier molecular flexibility index (Phi) is 4.82. The summed E-state index contributed by atoms with van der Waals surface area (Å²) in [5.41, 5.74) is 1.11. The maximum absolute atomic E-state index is 12.4. The third kappa shape index (κ3) is 3.53. The van der Waals surface area contributed by atoms with Crippen molar-refractivity contribution in [2.45, 2.75) is 39.4 Å². The summed E-state index contributed by atoms with van der Waals surface area (Å²) < 4.78 is 7.39. The Bertz CT molecular complexity index is 833. The van der Waals surface area contributed by atoms with Crippen molar-refractivity contribution in [2.75, 3.05) is 20.2 Å². The van der Waals surface area contributed by atoms with Crippen molar-refractivity contribution in [1.29, 1.82) is 0 Å². The molecule has 144 valence electrons. The number of carbonyl (C=O) groups excluding carboxylic acids is 1. The van der Waals surface area contributed by atoms with Gasteiger partial charge in [-0.2, -0.15) is 0 Å². The molecular weight excluding hydrogens is 344 g/mol. The van der Waals surface area contributed by atoms with Crippen LogP contribution in [0.1, 0.15) is 35.9 Å². The largest absolute Gasteiger partial charge is 0.481 e. The first-order valence-electron chi connectivity index (χ1n) is 9.48. The molecule has 4 rings (SSSR count). The van der Waals surface area contributed by atoms with Gasteiger partial charge in [0, 0.05) is 50.4 Å². The Morgan fingerprint density at radius 1 is 1.30 bits per heavy atom. The van der Waals surface area contributed by atoms with Gasteiger partial charge in [-0.15, -0.1) is 10.2 Å². The summed E-state index contributed by atoms with van der Waals surface area (Å²) in [6.45, 7) is 7.53. The van der Waals surface area contributed by atoms with E-state index in [0.29, 0.717) is 23.5 Å². The summed E-state index contributed by atoms with van der Waals surface area (Å²) in [6, 6.07) is 4.09. The van der Waals surface area contributed by atoms with Crippen LogP contribution in [-0.2, 0) is 19.5 Å². The molecule has 27 heavy (non-hydrogen) atoms. The van der Waals surface area contributed by atoms with Crippen LogP contribution in [0.2, 0.25) is 0 Å². The number of ether oxygens (including phenoxy) is 1. The van der Waals surface area contributed by atoms with Gasteiger partial charge in [-0.1, -0.05) is 6.07 Å². The van der Waals surface area contributed by atoms with Crippen molar-refractivity contribution in [3.05, 3.63) is 35.5 Å². The summed E-state index contributed by atoms with van der Waals surface area (Å²) in [6.07, 6.45) is 2.62. The van der Waals surface area contributed by atoms with Gasteiger partial charge in [0.25, 0.3) is 5.91 Å². The Hall–Kier alpha value is -2.48. The summed E-state index contributed by atoms with van der Waals surface area (Å²) in [5, 5.41) is 11.4. The van der Waals surface area contributed by atoms with Crippen molar-refractivity contribution >= 4 is 5.91 Å². The number of nitrogens with zero attached hydrogens (tertiary/aromatic N) is 5. The number of hydrogen-bond donors (Lipinski definition) is 1. The molecule has 2 atom stereocenters. The summed E-state index contributed by atoms with van der Waals surface area (Å²) in [7, 11) is 1.66. The van der Waals surface area contributed by atoms with Crippen LogP contribution in [0.5, 0.6) is 5.88 Å². The third-order valence-electron chi connectivity index (χ3n) is 5.40. The van der Waals surface area contributed by atoms with Gasteiger partial charge in [0.05, 0.1) is 7.11 Å². The van der Waals surface area contributed by atoms with Crippen LogP contribution >= 0.6 is 0 Å². The molecule has 1 fully saturated rings. The third-order valence-corrected chi connectivity index (χ3v) is 5.40. The fraction of sp³-hybridized carbons (Fsp3) is 0.579. The van der Waals surface area contributed by atoms with Crippen LogP contribution < -0.4 is 10.1 Å². The van der Waals surface area contributed by atoms with Crippen LogP contribution in [0.25, 0.3) is 0 Å². The van der Waals surface area contributed by atoms with Crippen LogP contribution in [0.3, 0.4) is 0 Å². The van der Waals surface area contributed by atoms with E-state index in [-0.39, 0.29) is 11.9 Å². The van der Waals surface area contributed by atoms with Gasteiger partial charge in [0.2, 0.25) is 11.7 Å². The lowest BCUT2D eigenvalue weighted by Gasteiger charge is -2.25. The fourth-order valence-electron chi connectivity index (χ4n) is 4.21. The molecule has 0 aromatic carbocycles. The molecule has 0 saturated carbocycles. The number of nitrogens with one attached hydrogen (secondary N) is 1. The number of likely N-dealkylation sites (tertiary alicyclic amines) is 1. The van der Waals surface area contributed by atoms with E-state index in [0.717, 1.165) is 44.0 Å². The standard InChI is InChI=1S/C19H26N6O2/c1-12(2)21-18(26)17-23-22-16-7-14-9-24(10-15(14)11-25(16)17)8-13-5-4-6-20-19(13)27-3/h4-6,12,14-15H,7-11H2,1-3H3,(H,21,26)/t14-,15+/m1/s1. The number of amides is 1. The number of hydrogen-bond acceptors (Lipinski definition) is 6. The zero-order valence-electron chi connectivity index (χ0n) is 16.1. The van der Waals surface area contributed by atoms with Crippen LogP contribution in [-0.4, -0.2) is 56.8 Å². The van der Waals surface area contributed by atoms with E-state index in [9.17, 15) is 4.79 Å². The lowest BCUT2D eigenvalue weighted by molar-refractivity contribution is 0.0924. The van der Waals surface area contributed by atoms with E-state index in [4.69, 9.17) is 4.74 Å². The number of fused-ring (bicyclic) bond motifs is 2. The molecular formula is C19H26N6O2. The molecule has 8 nitrogen and oxygen atoms in total. The first-order chi connectivity index (χ1) is 13.0. The second-order valence-electron chi connectivity index (χ2n) is 7.77. The number of rotatable bonds is 5. The first-order valence-corrected chi connectivity index (χ1v) is 9.48. The van der Waals surface area contributed by atoms with Crippen LogP contribution in [0.15, 0.2) is 18.3 Å². The van der Waals surface area contributed by atoms with Crippen molar-refractivity contribution < 1.29 is 9.53 Å². The van der Waals surface area contributed by atoms with Gasteiger partial charge in [-0.3, -0.25) is 9.69 Å². The molecule has 2 aliphatic heterocycles. The molecule has 0 aliphatic carbocycles. The van der Waals surface area contributed by atoms with E-state index in [2.05, 4.69) is 31.5 Å². The average molecular weight is 370 g/mol. The maximum Gasteiger partial charge on any atom is 0.289 e. The number of aromatic nitrogens is 4. The molecule has 0 unspecified atom stereocenters. The highest BCUT2D eigenvalue weighted by atomic mass is 16.5. The second kappa shape index (κ2) is 7.26. The predicted octanol–water partition coefficient (Wildman–Crippen LogP) is 1.12. The highest BCUT2D eigenvalue weighted by molar-refractivity contribution is 5.90. The SMILES string of the molecule is COc1ncccc1CN1C[C@H]2Cc3nnc(C(=O)NC(C)C)n3C[C@@H]2C1. The molecule has 2 aromatic heterocycles. The molecule has 2 aliphatic rings. The molecule has 0 bridgehead atoms. The van der Waals surface area contributed by atoms with E-state index >= 15 is 0 Å². The zero-order valence-corrected chi connectivity index (χ0v) is 16.1. The monoisotopic (exact) mass is 370 g/mol. The summed E-state index contributed by atoms with van der Waals surface area (Å²) in [5.74, 6) is 2.96. The predicted molar refractivity (Wildman–Crippen MR) is 99.4 cm³/mol. The first kappa shape index (κ1) is 17.9. The quantitative estimate of drug-likeness (QED) is 0.849. The summed E-state index contributed by atoms with van der Waals surface area (Å²) >= 11 is 0. The van der Waals surface area contributed by atoms with Crippen molar-refractivity contribution in [1.82, 2.24) is 30.0 Å². The molecule has 0 radical (unpaired) electrons. The van der Waals surface area contributed by atoms with E-state index < -0.39 is 0 Å². The van der Waals surface area contributed by atoms with Gasteiger partial charge >= 0.3 is 0 Å². The van der Waals surface area contributed by atoms with Gasteiger partial charge in [-0.05, 0) is 31.7 Å². The van der Waals surface area contributed by atoms with Crippen molar-refractivity contribution in [3.63, 3.8) is 0 Å².